The highest BCUT2D eigenvalue weighted by Crippen LogP contribution is 2.30. The van der Waals surface area contributed by atoms with Crippen LogP contribution in [0.2, 0.25) is 5.15 Å². The lowest BCUT2D eigenvalue weighted by molar-refractivity contribution is -0.384. The van der Waals surface area contributed by atoms with Crippen LogP contribution in [0.4, 0.5) is 11.5 Å². The van der Waals surface area contributed by atoms with Crippen LogP contribution >= 0.6 is 11.6 Å². The molecule has 0 atom stereocenters. The van der Waals surface area contributed by atoms with Crippen LogP contribution in [0.15, 0.2) is 0 Å². The Morgan fingerprint density at radius 3 is 2.59 bits per heavy atom. The van der Waals surface area contributed by atoms with Gasteiger partial charge in [0.1, 0.15) is 5.82 Å². The van der Waals surface area contributed by atoms with Gasteiger partial charge in [-0.05, 0) is 20.3 Å². The third kappa shape index (κ3) is 3.52. The molecule has 1 aromatic rings. The standard InChI is InChI=1S/C10H15ClN4O2/c1-4-5-7-13-9(11)8(15(16)17)10(14-7)12-6(2)3/h6H,4-5H2,1-3H3,(H,12,13,14). The van der Waals surface area contributed by atoms with Crippen molar-refractivity contribution in [1.82, 2.24) is 9.97 Å². The quantitative estimate of drug-likeness (QED) is 0.499. The van der Waals surface area contributed by atoms with Crippen LogP contribution < -0.4 is 5.32 Å². The third-order valence-electron chi connectivity index (χ3n) is 1.97. The summed E-state index contributed by atoms with van der Waals surface area (Å²) in [4.78, 5) is 18.4. The van der Waals surface area contributed by atoms with Crippen molar-refractivity contribution < 1.29 is 4.92 Å². The molecule has 0 saturated carbocycles. The molecule has 0 aliphatic heterocycles. The van der Waals surface area contributed by atoms with Gasteiger partial charge in [0.2, 0.25) is 11.0 Å². The first-order chi connectivity index (χ1) is 7.95. The number of hydrogen-bond acceptors (Lipinski definition) is 5. The Kier molecular flexibility index (Phi) is 4.62. The van der Waals surface area contributed by atoms with Gasteiger partial charge in [-0.15, -0.1) is 0 Å². The first-order valence-electron chi connectivity index (χ1n) is 5.43. The van der Waals surface area contributed by atoms with E-state index in [0.717, 1.165) is 6.42 Å². The molecule has 1 aromatic heterocycles. The molecule has 1 N–H and O–H groups in total. The second-order valence-corrected chi connectivity index (χ2v) is 4.29. The second kappa shape index (κ2) is 5.77. The number of aryl methyl sites for hydroxylation is 1. The van der Waals surface area contributed by atoms with Crippen molar-refractivity contribution in [3.05, 3.63) is 21.1 Å². The minimum absolute atomic E-state index is 0.0362. The molecule has 0 spiro atoms. The molecule has 7 heteroatoms. The molecule has 94 valence electrons. The summed E-state index contributed by atoms with van der Waals surface area (Å²) in [6, 6.07) is 0.0362. The Hall–Kier alpha value is -1.43. The van der Waals surface area contributed by atoms with E-state index in [2.05, 4.69) is 15.3 Å². The molecule has 1 heterocycles. The summed E-state index contributed by atoms with van der Waals surface area (Å²) < 4.78 is 0. The Labute approximate surface area is 105 Å². The average Bonchev–Trinajstić information content (AvgIpc) is 2.15. The molecule has 0 aromatic carbocycles. The van der Waals surface area contributed by atoms with Crippen LogP contribution in [-0.4, -0.2) is 20.9 Å². The minimum atomic E-state index is -0.567. The molecule has 0 bridgehead atoms. The normalized spacial score (nSPS) is 10.6. The average molecular weight is 259 g/mol. The second-order valence-electron chi connectivity index (χ2n) is 3.93. The monoisotopic (exact) mass is 258 g/mol. The zero-order valence-corrected chi connectivity index (χ0v) is 10.8. The number of nitrogens with one attached hydrogen (secondary N) is 1. The van der Waals surface area contributed by atoms with Crippen molar-refractivity contribution in [2.75, 3.05) is 5.32 Å². The van der Waals surface area contributed by atoms with Gasteiger partial charge in [-0.1, -0.05) is 18.5 Å². The fourth-order valence-electron chi connectivity index (χ4n) is 1.34. The van der Waals surface area contributed by atoms with E-state index in [1.165, 1.54) is 0 Å². The van der Waals surface area contributed by atoms with Gasteiger partial charge in [0.15, 0.2) is 0 Å². The summed E-state index contributed by atoms with van der Waals surface area (Å²) in [5.41, 5.74) is -0.264. The van der Waals surface area contributed by atoms with Crippen molar-refractivity contribution in [3.63, 3.8) is 0 Å². The van der Waals surface area contributed by atoms with Gasteiger partial charge in [-0.25, -0.2) is 9.97 Å². The van der Waals surface area contributed by atoms with Crippen molar-refractivity contribution in [2.45, 2.75) is 39.7 Å². The van der Waals surface area contributed by atoms with Gasteiger partial charge in [-0.2, -0.15) is 0 Å². The van der Waals surface area contributed by atoms with Crippen LogP contribution in [0.1, 0.15) is 33.0 Å². The molecular formula is C10H15ClN4O2. The maximum atomic E-state index is 10.9. The van der Waals surface area contributed by atoms with E-state index in [9.17, 15) is 10.1 Å². The zero-order valence-electron chi connectivity index (χ0n) is 10.0. The van der Waals surface area contributed by atoms with E-state index in [0.29, 0.717) is 12.2 Å². The van der Waals surface area contributed by atoms with E-state index in [1.807, 2.05) is 20.8 Å². The lowest BCUT2D eigenvalue weighted by Gasteiger charge is -2.10. The van der Waals surface area contributed by atoms with Crippen molar-refractivity contribution in [3.8, 4) is 0 Å². The van der Waals surface area contributed by atoms with Crippen molar-refractivity contribution in [2.24, 2.45) is 0 Å². The molecule has 6 nitrogen and oxygen atoms in total. The number of aromatic nitrogens is 2. The van der Waals surface area contributed by atoms with Gasteiger partial charge in [0.25, 0.3) is 0 Å². The largest absolute Gasteiger partial charge is 0.362 e. The van der Waals surface area contributed by atoms with E-state index < -0.39 is 4.92 Å². The van der Waals surface area contributed by atoms with E-state index >= 15 is 0 Å². The lowest BCUT2D eigenvalue weighted by Crippen LogP contribution is -2.14. The predicted molar refractivity (Wildman–Crippen MR) is 66.5 cm³/mol. The molecule has 0 aliphatic rings. The first kappa shape index (κ1) is 13.6. The Morgan fingerprint density at radius 1 is 1.47 bits per heavy atom. The molecule has 0 aliphatic carbocycles. The molecule has 17 heavy (non-hydrogen) atoms. The minimum Gasteiger partial charge on any atom is -0.362 e. The van der Waals surface area contributed by atoms with Crippen LogP contribution in [-0.2, 0) is 6.42 Å². The number of hydrogen-bond donors (Lipinski definition) is 1. The fraction of sp³-hybridized carbons (Fsp3) is 0.600. The van der Waals surface area contributed by atoms with Gasteiger partial charge in [0.05, 0.1) is 4.92 Å². The summed E-state index contributed by atoms with van der Waals surface area (Å²) in [6.45, 7) is 5.73. The zero-order chi connectivity index (χ0) is 13.0. The summed E-state index contributed by atoms with van der Waals surface area (Å²) in [5.74, 6) is 0.708. The predicted octanol–water partition coefficient (Wildman–Crippen LogP) is 2.81. The maximum absolute atomic E-state index is 10.9. The Balaban J connectivity index is 3.23. The van der Waals surface area contributed by atoms with E-state index in [1.54, 1.807) is 0 Å². The number of nitro groups is 1. The summed E-state index contributed by atoms with van der Waals surface area (Å²) >= 11 is 5.82. The molecule has 0 saturated heterocycles. The number of anilines is 1. The topological polar surface area (TPSA) is 81.0 Å². The van der Waals surface area contributed by atoms with Gasteiger partial charge < -0.3 is 5.32 Å². The van der Waals surface area contributed by atoms with Gasteiger partial charge in [0, 0.05) is 12.5 Å². The van der Waals surface area contributed by atoms with Crippen molar-refractivity contribution >= 4 is 23.1 Å². The number of halogens is 1. The molecule has 1 rings (SSSR count). The highest BCUT2D eigenvalue weighted by atomic mass is 35.5. The van der Waals surface area contributed by atoms with Gasteiger partial charge >= 0.3 is 5.69 Å². The van der Waals surface area contributed by atoms with Crippen LogP contribution in [0, 0.1) is 10.1 Å². The highest BCUT2D eigenvalue weighted by molar-refractivity contribution is 6.31. The van der Waals surface area contributed by atoms with Crippen molar-refractivity contribution in [1.29, 1.82) is 0 Å². The van der Waals surface area contributed by atoms with E-state index in [4.69, 9.17) is 11.6 Å². The Bertz CT molecular complexity index is 423. The Morgan fingerprint density at radius 2 is 2.12 bits per heavy atom. The molecule has 0 fully saturated rings. The molecule has 0 radical (unpaired) electrons. The summed E-state index contributed by atoms with van der Waals surface area (Å²) in [5, 5.41) is 13.7. The van der Waals surface area contributed by atoms with E-state index in [-0.39, 0.29) is 22.7 Å². The van der Waals surface area contributed by atoms with Crippen LogP contribution in [0.3, 0.4) is 0 Å². The smallest absolute Gasteiger partial charge is 0.348 e. The molecular weight excluding hydrogens is 244 g/mol. The third-order valence-corrected chi connectivity index (χ3v) is 2.23. The highest BCUT2D eigenvalue weighted by Gasteiger charge is 2.23. The molecule has 0 unspecified atom stereocenters. The maximum Gasteiger partial charge on any atom is 0.348 e. The first-order valence-corrected chi connectivity index (χ1v) is 5.80. The van der Waals surface area contributed by atoms with Gasteiger partial charge in [-0.3, -0.25) is 10.1 Å². The van der Waals surface area contributed by atoms with Crippen LogP contribution in [0.5, 0.6) is 0 Å². The number of nitrogens with zero attached hydrogens (tertiary/aromatic N) is 3. The molecule has 0 amide bonds. The SMILES string of the molecule is CCCc1nc(Cl)c([N+](=O)[O-])c(NC(C)C)n1. The summed E-state index contributed by atoms with van der Waals surface area (Å²) in [6.07, 6.45) is 1.50. The summed E-state index contributed by atoms with van der Waals surface area (Å²) in [7, 11) is 0. The fourth-order valence-corrected chi connectivity index (χ4v) is 1.60. The number of rotatable bonds is 5. The lowest BCUT2D eigenvalue weighted by atomic mass is 10.3. The van der Waals surface area contributed by atoms with Crippen LogP contribution in [0.25, 0.3) is 0 Å².